The van der Waals surface area contributed by atoms with Crippen LogP contribution in [0.5, 0.6) is 0 Å². The van der Waals surface area contributed by atoms with Gasteiger partial charge in [-0.2, -0.15) is 0 Å². The number of rotatable bonds is 3. The number of hydrogen-bond acceptors (Lipinski definition) is 5. The first-order chi connectivity index (χ1) is 10.9. The minimum Gasteiger partial charge on any atom is -0.273 e. The molecule has 2 aromatic heterocycles. The van der Waals surface area contributed by atoms with Crippen LogP contribution in [0.1, 0.15) is 5.56 Å². The van der Waals surface area contributed by atoms with Gasteiger partial charge >= 0.3 is 5.69 Å². The summed E-state index contributed by atoms with van der Waals surface area (Å²) >= 11 is 0. The summed E-state index contributed by atoms with van der Waals surface area (Å²) in [6.07, 6.45) is 1.02. The highest BCUT2D eigenvalue weighted by atomic mass is 35.7. The number of nitrogens with zero attached hydrogens (tertiary/aromatic N) is 2. The Bertz CT molecular complexity index is 1100. The molecule has 0 saturated carbocycles. The number of benzene rings is 1. The second-order valence-electron chi connectivity index (χ2n) is 4.81. The molecule has 0 fully saturated rings. The lowest BCUT2D eigenvalue weighted by Crippen LogP contribution is -2.31. The number of aromatic nitrogens is 3. The fourth-order valence-corrected chi connectivity index (χ4v) is 2.89. The zero-order chi connectivity index (χ0) is 16.6. The maximum absolute atomic E-state index is 12.1. The fraction of sp³-hybridized carbons (Fsp3) is 0.0714. The van der Waals surface area contributed by atoms with Gasteiger partial charge in [0.2, 0.25) is 0 Å². The van der Waals surface area contributed by atoms with Crippen molar-refractivity contribution >= 4 is 30.8 Å². The van der Waals surface area contributed by atoms with Crippen LogP contribution in [0.3, 0.4) is 0 Å². The third kappa shape index (κ3) is 3.03. The molecular formula is C14H10ClN3O4S. The molecule has 0 saturated heterocycles. The van der Waals surface area contributed by atoms with Crippen LogP contribution in [-0.2, 0) is 15.6 Å². The zero-order valence-electron chi connectivity index (χ0n) is 11.6. The van der Waals surface area contributed by atoms with Crippen molar-refractivity contribution in [3.8, 4) is 0 Å². The Kier molecular flexibility index (Phi) is 3.78. The molecule has 0 unspecified atom stereocenters. The Morgan fingerprint density at radius 1 is 1.17 bits per heavy atom. The highest BCUT2D eigenvalue weighted by Crippen LogP contribution is 2.17. The summed E-state index contributed by atoms with van der Waals surface area (Å²) in [4.78, 5) is 29.8. The van der Waals surface area contributed by atoms with E-state index in [1.165, 1.54) is 4.57 Å². The summed E-state index contributed by atoms with van der Waals surface area (Å²) in [6.45, 7) is 0.187. The Labute approximate surface area is 134 Å². The first kappa shape index (κ1) is 15.4. The van der Waals surface area contributed by atoms with Gasteiger partial charge in [-0.1, -0.05) is 30.3 Å². The first-order valence-corrected chi connectivity index (χ1v) is 8.78. The summed E-state index contributed by atoms with van der Waals surface area (Å²) in [5.74, 6) is 0. The minimum absolute atomic E-state index is 0.0257. The van der Waals surface area contributed by atoms with Crippen LogP contribution in [0.25, 0.3) is 11.0 Å². The molecule has 23 heavy (non-hydrogen) atoms. The highest BCUT2D eigenvalue weighted by Gasteiger charge is 2.15. The molecule has 0 spiro atoms. The van der Waals surface area contributed by atoms with Crippen molar-refractivity contribution in [1.82, 2.24) is 14.5 Å². The van der Waals surface area contributed by atoms with Gasteiger partial charge in [0.25, 0.3) is 14.6 Å². The van der Waals surface area contributed by atoms with Crippen molar-refractivity contribution in [2.75, 3.05) is 0 Å². The molecule has 3 aromatic rings. The van der Waals surface area contributed by atoms with Crippen molar-refractivity contribution < 1.29 is 8.42 Å². The van der Waals surface area contributed by atoms with Crippen molar-refractivity contribution in [2.24, 2.45) is 0 Å². The van der Waals surface area contributed by atoms with Crippen LogP contribution in [0.15, 0.2) is 57.1 Å². The van der Waals surface area contributed by atoms with E-state index in [0.29, 0.717) is 0 Å². The predicted octanol–water partition coefficient (Wildman–Crippen LogP) is 1.06. The van der Waals surface area contributed by atoms with Gasteiger partial charge in [-0.3, -0.25) is 14.3 Å². The summed E-state index contributed by atoms with van der Waals surface area (Å²) < 4.78 is 24.0. The molecule has 1 N–H and O–H groups in total. The van der Waals surface area contributed by atoms with E-state index in [4.69, 9.17) is 10.7 Å². The Hall–Kier alpha value is -2.45. The van der Waals surface area contributed by atoms with Crippen LogP contribution in [0.2, 0.25) is 0 Å². The van der Waals surface area contributed by atoms with E-state index in [1.807, 2.05) is 30.3 Å². The van der Waals surface area contributed by atoms with Gasteiger partial charge in [-0.25, -0.2) is 18.2 Å². The smallest absolute Gasteiger partial charge is 0.273 e. The average molecular weight is 352 g/mol. The fourth-order valence-electron chi connectivity index (χ4n) is 2.19. The van der Waals surface area contributed by atoms with Crippen LogP contribution in [-0.4, -0.2) is 23.0 Å². The molecule has 0 aliphatic heterocycles. The van der Waals surface area contributed by atoms with E-state index in [9.17, 15) is 18.0 Å². The summed E-state index contributed by atoms with van der Waals surface area (Å²) in [7, 11) is 1.24. The van der Waals surface area contributed by atoms with Crippen LogP contribution >= 0.6 is 10.7 Å². The largest absolute Gasteiger partial charge is 0.330 e. The van der Waals surface area contributed by atoms with Crippen molar-refractivity contribution in [1.29, 1.82) is 0 Å². The van der Waals surface area contributed by atoms with E-state index < -0.39 is 20.3 Å². The quantitative estimate of drug-likeness (QED) is 0.711. The number of pyridine rings is 1. The van der Waals surface area contributed by atoms with Gasteiger partial charge in [0.15, 0.2) is 0 Å². The predicted molar refractivity (Wildman–Crippen MR) is 85.2 cm³/mol. The maximum atomic E-state index is 12.1. The van der Waals surface area contributed by atoms with E-state index in [2.05, 4.69) is 9.97 Å². The minimum atomic E-state index is -4.02. The van der Waals surface area contributed by atoms with Gasteiger partial charge in [0.1, 0.15) is 10.5 Å². The van der Waals surface area contributed by atoms with Gasteiger partial charge in [0, 0.05) is 16.9 Å². The van der Waals surface area contributed by atoms with Crippen LogP contribution in [0, 0.1) is 0 Å². The second-order valence-corrected chi connectivity index (χ2v) is 7.38. The van der Waals surface area contributed by atoms with E-state index in [-0.39, 0.29) is 22.5 Å². The zero-order valence-corrected chi connectivity index (χ0v) is 13.1. The second kappa shape index (κ2) is 5.64. The molecule has 118 valence electrons. The molecule has 9 heteroatoms. The molecular weight excluding hydrogens is 342 g/mol. The summed E-state index contributed by atoms with van der Waals surface area (Å²) in [6, 6.07) is 10.2. The third-order valence-corrected chi connectivity index (χ3v) is 4.59. The first-order valence-electron chi connectivity index (χ1n) is 6.48. The van der Waals surface area contributed by atoms with Crippen molar-refractivity contribution in [3.05, 3.63) is 69.0 Å². The molecule has 0 amide bonds. The van der Waals surface area contributed by atoms with E-state index >= 15 is 0 Å². The molecule has 7 nitrogen and oxygen atoms in total. The lowest BCUT2D eigenvalue weighted by molar-refractivity contribution is 0.609. The number of aromatic amines is 1. The Morgan fingerprint density at radius 3 is 2.52 bits per heavy atom. The van der Waals surface area contributed by atoms with Gasteiger partial charge in [-0.15, -0.1) is 0 Å². The molecule has 1 aromatic carbocycles. The average Bonchev–Trinajstić information content (AvgIpc) is 2.51. The van der Waals surface area contributed by atoms with Gasteiger partial charge < -0.3 is 0 Å². The lowest BCUT2D eigenvalue weighted by atomic mass is 10.2. The number of nitrogens with one attached hydrogen (secondary N) is 1. The van der Waals surface area contributed by atoms with E-state index in [1.54, 1.807) is 0 Å². The molecule has 0 aliphatic rings. The summed E-state index contributed by atoms with van der Waals surface area (Å²) in [5, 5.41) is -0.0257. The molecule has 0 aliphatic carbocycles. The van der Waals surface area contributed by atoms with Crippen molar-refractivity contribution in [2.45, 2.75) is 11.4 Å². The normalized spacial score (nSPS) is 11.7. The number of fused-ring (bicyclic) bond motifs is 1. The Morgan fingerprint density at radius 2 is 1.87 bits per heavy atom. The monoisotopic (exact) mass is 351 g/mol. The molecule has 0 radical (unpaired) electrons. The van der Waals surface area contributed by atoms with Gasteiger partial charge in [-0.05, 0) is 11.6 Å². The SMILES string of the molecule is O=c1[nH]c(=O)n(Cc2ccccc2)c2ncc(S(=O)(=O)Cl)cc12. The number of hydrogen-bond donors (Lipinski definition) is 1. The molecule has 3 rings (SSSR count). The molecule has 2 heterocycles. The maximum Gasteiger partial charge on any atom is 0.330 e. The standard InChI is InChI=1S/C14H10ClN3O4S/c15-23(21,22)10-6-11-12(16-7-10)18(14(20)17-13(11)19)8-9-4-2-1-3-5-9/h1-7H,8H2,(H,17,19,20). The number of H-pyrrole nitrogens is 1. The molecule has 0 bridgehead atoms. The number of halogens is 1. The summed E-state index contributed by atoms with van der Waals surface area (Å²) in [5.41, 5.74) is -0.422. The molecule has 0 atom stereocenters. The van der Waals surface area contributed by atoms with E-state index in [0.717, 1.165) is 17.8 Å². The van der Waals surface area contributed by atoms with Crippen LogP contribution < -0.4 is 11.2 Å². The van der Waals surface area contributed by atoms with Crippen LogP contribution in [0.4, 0.5) is 0 Å². The third-order valence-electron chi connectivity index (χ3n) is 3.27. The Balaban J connectivity index is 2.27. The topological polar surface area (TPSA) is 102 Å². The van der Waals surface area contributed by atoms with Gasteiger partial charge in [0.05, 0.1) is 11.9 Å². The lowest BCUT2D eigenvalue weighted by Gasteiger charge is -2.09. The highest BCUT2D eigenvalue weighted by molar-refractivity contribution is 8.13. The van der Waals surface area contributed by atoms with Crippen molar-refractivity contribution in [3.63, 3.8) is 0 Å².